The van der Waals surface area contributed by atoms with E-state index in [0.29, 0.717) is 0 Å². The number of benzene rings is 2. The third-order valence-electron chi connectivity index (χ3n) is 6.53. The van der Waals surface area contributed by atoms with Gasteiger partial charge in [0, 0.05) is 0 Å². The van der Waals surface area contributed by atoms with Crippen molar-refractivity contribution in [1.29, 1.82) is 0 Å². The molecule has 0 spiro atoms. The van der Waals surface area contributed by atoms with Crippen molar-refractivity contribution in [2.24, 2.45) is 9.98 Å². The van der Waals surface area contributed by atoms with Crippen molar-refractivity contribution in [2.75, 3.05) is 0 Å². The van der Waals surface area contributed by atoms with Crippen molar-refractivity contribution in [3.63, 3.8) is 0 Å². The molecule has 6 heteroatoms. The summed E-state index contributed by atoms with van der Waals surface area (Å²) in [7, 11) is 0. The number of pyridine rings is 1. The zero-order valence-corrected chi connectivity index (χ0v) is 27.3. The van der Waals surface area contributed by atoms with Crippen LogP contribution in [0.1, 0.15) is 101 Å². The molecule has 0 amide bonds. The summed E-state index contributed by atoms with van der Waals surface area (Å²) >= 11 is 0. The second-order valence-corrected chi connectivity index (χ2v) is 9.65. The predicted molar refractivity (Wildman–Crippen MR) is 157 cm³/mol. The summed E-state index contributed by atoms with van der Waals surface area (Å²) < 4.78 is 0. The molecule has 0 unspecified atom stereocenters. The maximum Gasteiger partial charge on any atom is 2.00 e. The molecule has 209 valence electrons. The number of nitrogens with zero attached hydrogens (tertiary/aromatic N) is 3. The van der Waals surface area contributed by atoms with Gasteiger partial charge in [-0.25, -0.2) is 4.98 Å². The van der Waals surface area contributed by atoms with E-state index in [1.54, 1.807) is 0 Å². The maximum atomic E-state index is 5.14. The van der Waals surface area contributed by atoms with Crippen molar-refractivity contribution >= 4 is 22.8 Å². The van der Waals surface area contributed by atoms with E-state index >= 15 is 0 Å². The topological polar surface area (TPSA) is 37.6 Å². The van der Waals surface area contributed by atoms with E-state index in [9.17, 15) is 0 Å². The quantitative estimate of drug-likeness (QED) is 0.293. The van der Waals surface area contributed by atoms with Crippen LogP contribution in [0.2, 0.25) is 0 Å². The first-order chi connectivity index (χ1) is 17.5. The summed E-state index contributed by atoms with van der Waals surface area (Å²) in [6, 6.07) is 19.4. The molecule has 0 saturated heterocycles. The third-order valence-corrected chi connectivity index (χ3v) is 6.53. The SMILES string of the molecule is CCCc1cccc(CCC)c1N=C(C)c1cccc(C(C)=Nc2c(CCC)cccc2CCC)n1.[Cl-].[Cl-].[V+2]. The van der Waals surface area contributed by atoms with Gasteiger partial charge < -0.3 is 24.8 Å². The van der Waals surface area contributed by atoms with Gasteiger partial charge in [-0.1, -0.05) is 95.8 Å². The Balaban J connectivity index is 0.00000481. The monoisotopic (exact) mass is 602 g/mol. The van der Waals surface area contributed by atoms with Crippen molar-refractivity contribution < 1.29 is 43.4 Å². The number of para-hydroxylation sites is 2. The van der Waals surface area contributed by atoms with Crippen LogP contribution in [-0.4, -0.2) is 16.4 Å². The van der Waals surface area contributed by atoms with Gasteiger partial charge in [0.05, 0.1) is 34.2 Å². The first-order valence-electron chi connectivity index (χ1n) is 13.8. The number of rotatable bonds is 12. The summed E-state index contributed by atoms with van der Waals surface area (Å²) in [5, 5.41) is 0. The first kappa shape index (κ1) is 37.1. The van der Waals surface area contributed by atoms with Gasteiger partial charge >= 0.3 is 18.6 Å². The van der Waals surface area contributed by atoms with E-state index in [2.05, 4.69) is 96.1 Å². The van der Waals surface area contributed by atoms with Crippen LogP contribution < -0.4 is 24.8 Å². The summed E-state index contributed by atoms with van der Waals surface area (Å²) in [6.45, 7) is 13.1. The molecule has 1 radical (unpaired) electrons. The van der Waals surface area contributed by atoms with Crippen molar-refractivity contribution in [3.05, 3.63) is 88.2 Å². The molecule has 3 nitrogen and oxygen atoms in total. The first-order valence-corrected chi connectivity index (χ1v) is 13.8. The zero-order chi connectivity index (χ0) is 25.9. The molecule has 0 aliphatic heterocycles. The standard InChI is InChI=1S/C33H43N3.2ClH.V/c1-7-14-26-18-11-19-27(15-8-2)32(26)34-24(5)30-22-13-23-31(36-30)25(6)35-33-28(16-9-3)20-12-21-29(33)17-10-4;;;/h11-13,18-23H,7-10,14-17H2,1-6H3;2*1H;/q;;;+2/p-2. The Morgan fingerprint density at radius 1 is 0.538 bits per heavy atom. The summed E-state index contributed by atoms with van der Waals surface area (Å²) in [5.74, 6) is 0. The molecule has 0 atom stereocenters. The van der Waals surface area contributed by atoms with Crippen LogP contribution in [0.3, 0.4) is 0 Å². The number of aryl methyl sites for hydroxylation is 4. The van der Waals surface area contributed by atoms with Crippen LogP contribution >= 0.6 is 0 Å². The molecule has 1 aromatic heterocycles. The summed E-state index contributed by atoms with van der Waals surface area (Å²) in [5.41, 5.74) is 11.3. The van der Waals surface area contributed by atoms with Crippen molar-refractivity contribution in [3.8, 4) is 0 Å². The van der Waals surface area contributed by atoms with Crippen LogP contribution in [0.5, 0.6) is 0 Å². The number of halogens is 2. The molecular weight excluding hydrogens is 560 g/mol. The summed E-state index contributed by atoms with van der Waals surface area (Å²) in [4.78, 5) is 15.3. The average Bonchev–Trinajstić information content (AvgIpc) is 2.88. The van der Waals surface area contributed by atoms with Gasteiger partial charge in [-0.3, -0.25) is 9.98 Å². The van der Waals surface area contributed by atoms with Gasteiger partial charge in [0.25, 0.3) is 0 Å². The second-order valence-electron chi connectivity index (χ2n) is 9.65. The normalized spacial score (nSPS) is 11.3. The number of hydrogen-bond acceptors (Lipinski definition) is 3. The van der Waals surface area contributed by atoms with E-state index in [1.807, 2.05) is 0 Å². The molecule has 0 aliphatic carbocycles. The zero-order valence-electron chi connectivity index (χ0n) is 24.4. The maximum absolute atomic E-state index is 5.14. The predicted octanol–water partition coefficient (Wildman–Crippen LogP) is 3.18. The molecule has 0 saturated carbocycles. The molecule has 2 aromatic carbocycles. The average molecular weight is 604 g/mol. The van der Waals surface area contributed by atoms with Crippen LogP contribution in [0.4, 0.5) is 11.4 Å². The third kappa shape index (κ3) is 10.2. The largest absolute Gasteiger partial charge is 2.00 e. The number of aromatic nitrogens is 1. The van der Waals surface area contributed by atoms with E-state index < -0.39 is 0 Å². The number of aliphatic imine (C=N–C) groups is 2. The Bertz CT molecular complexity index is 1080. The van der Waals surface area contributed by atoms with Crippen LogP contribution in [0.15, 0.2) is 64.6 Å². The minimum Gasteiger partial charge on any atom is -1.00 e. The Kier molecular flexibility index (Phi) is 18.3. The minimum absolute atomic E-state index is 0. The van der Waals surface area contributed by atoms with Crippen molar-refractivity contribution in [2.45, 2.75) is 92.9 Å². The van der Waals surface area contributed by atoms with Gasteiger partial charge in [0.15, 0.2) is 0 Å². The second kappa shape index (κ2) is 19.2. The molecule has 0 bridgehead atoms. The molecule has 0 N–H and O–H groups in total. The molecule has 39 heavy (non-hydrogen) atoms. The van der Waals surface area contributed by atoms with Crippen LogP contribution in [0.25, 0.3) is 0 Å². The van der Waals surface area contributed by atoms with E-state index in [0.717, 1.165) is 85.6 Å². The fraction of sp³-hybridized carbons (Fsp3) is 0.424. The Labute approximate surface area is 261 Å². The fourth-order valence-corrected chi connectivity index (χ4v) is 4.75. The van der Waals surface area contributed by atoms with Crippen molar-refractivity contribution in [1.82, 2.24) is 4.98 Å². The summed E-state index contributed by atoms with van der Waals surface area (Å²) in [6.07, 6.45) is 8.61. The minimum atomic E-state index is 0. The molecule has 3 aromatic rings. The Morgan fingerprint density at radius 3 is 1.10 bits per heavy atom. The molecule has 3 rings (SSSR count). The van der Waals surface area contributed by atoms with Crippen LogP contribution in [0, 0.1) is 0 Å². The number of hydrogen-bond donors (Lipinski definition) is 0. The molecule has 0 fully saturated rings. The molecular formula is C33H43Cl2N3V. The smallest absolute Gasteiger partial charge is 1.00 e. The van der Waals surface area contributed by atoms with Gasteiger partial charge in [-0.2, -0.15) is 0 Å². The molecule has 1 heterocycles. The Morgan fingerprint density at radius 2 is 0.821 bits per heavy atom. The van der Waals surface area contributed by atoms with Gasteiger partial charge in [0.2, 0.25) is 0 Å². The molecule has 0 aliphatic rings. The van der Waals surface area contributed by atoms with Gasteiger partial charge in [0.1, 0.15) is 0 Å². The van der Waals surface area contributed by atoms with E-state index in [1.165, 1.54) is 22.3 Å². The van der Waals surface area contributed by atoms with Gasteiger partial charge in [-0.05, 0) is 73.9 Å². The Hall–Kier alpha value is -1.91. The fourth-order valence-electron chi connectivity index (χ4n) is 4.75. The van der Waals surface area contributed by atoms with E-state index in [4.69, 9.17) is 15.0 Å². The van der Waals surface area contributed by atoms with Gasteiger partial charge in [-0.15, -0.1) is 0 Å². The van der Waals surface area contributed by atoms with E-state index in [-0.39, 0.29) is 43.4 Å². The van der Waals surface area contributed by atoms with Crippen LogP contribution in [-0.2, 0) is 44.2 Å².